The lowest BCUT2D eigenvalue weighted by Crippen LogP contribution is -2.42. The van der Waals surface area contributed by atoms with Crippen LogP contribution in [0.4, 0.5) is 8.78 Å². The van der Waals surface area contributed by atoms with Gasteiger partial charge in [0.25, 0.3) is 0 Å². The molecule has 11 heteroatoms. The summed E-state index contributed by atoms with van der Waals surface area (Å²) in [5, 5.41) is 19.3. The van der Waals surface area contributed by atoms with Crippen LogP contribution in [0.3, 0.4) is 0 Å². The lowest BCUT2D eigenvalue weighted by Gasteiger charge is -2.30. The summed E-state index contributed by atoms with van der Waals surface area (Å²) in [5.41, 5.74) is 1.24. The number of piperidine rings is 1. The van der Waals surface area contributed by atoms with Crippen LogP contribution in [0.15, 0.2) is 59.5 Å². The second kappa shape index (κ2) is 13.6. The van der Waals surface area contributed by atoms with Gasteiger partial charge in [-0.2, -0.15) is 8.78 Å². The molecular formula is C26H38F2N4O5. The van der Waals surface area contributed by atoms with Gasteiger partial charge >= 0.3 is 6.61 Å². The van der Waals surface area contributed by atoms with Crippen LogP contribution in [0.5, 0.6) is 0 Å². The highest BCUT2D eigenvalue weighted by Gasteiger charge is 2.30. The summed E-state index contributed by atoms with van der Waals surface area (Å²) >= 11 is 0. The van der Waals surface area contributed by atoms with Gasteiger partial charge in [-0.25, -0.2) is 0 Å². The van der Waals surface area contributed by atoms with Crippen molar-refractivity contribution in [3.05, 3.63) is 59.5 Å². The van der Waals surface area contributed by atoms with Gasteiger partial charge in [-0.05, 0) is 52.0 Å². The van der Waals surface area contributed by atoms with Crippen LogP contribution < -0.4 is 16.0 Å². The predicted molar refractivity (Wildman–Crippen MR) is 135 cm³/mol. The van der Waals surface area contributed by atoms with Crippen molar-refractivity contribution < 1.29 is 32.9 Å². The third kappa shape index (κ3) is 7.80. The molecule has 1 unspecified atom stereocenters. The average molecular weight is 525 g/mol. The molecule has 1 amide bonds. The minimum absolute atomic E-state index is 0.0154. The van der Waals surface area contributed by atoms with Crippen molar-refractivity contribution in [3.63, 3.8) is 0 Å². The first kappa shape index (κ1) is 28.7. The summed E-state index contributed by atoms with van der Waals surface area (Å²) < 4.78 is 42.7. The van der Waals surface area contributed by atoms with Gasteiger partial charge in [-0.15, -0.1) is 0 Å². The van der Waals surface area contributed by atoms with Crippen molar-refractivity contribution in [2.24, 2.45) is 11.8 Å². The molecule has 0 saturated carbocycles. The van der Waals surface area contributed by atoms with E-state index in [4.69, 9.17) is 14.2 Å². The van der Waals surface area contributed by atoms with E-state index in [1.54, 1.807) is 26.3 Å². The number of aliphatic hydroxyl groups excluding tert-OH is 1. The molecule has 0 bridgehead atoms. The van der Waals surface area contributed by atoms with Crippen molar-refractivity contribution in [3.8, 4) is 0 Å². The van der Waals surface area contributed by atoms with Crippen molar-refractivity contribution in [2.75, 3.05) is 33.4 Å². The number of methoxy groups -OCH3 is 1. The van der Waals surface area contributed by atoms with Crippen molar-refractivity contribution in [1.82, 2.24) is 20.9 Å². The first-order chi connectivity index (χ1) is 17.7. The monoisotopic (exact) mass is 524 g/mol. The fraction of sp³-hybridized carbons (Fsp3) is 0.577. The van der Waals surface area contributed by atoms with Crippen molar-refractivity contribution >= 4 is 5.91 Å². The molecule has 0 aromatic heterocycles. The van der Waals surface area contributed by atoms with E-state index in [-0.39, 0.29) is 23.9 Å². The predicted octanol–water partition coefficient (Wildman–Crippen LogP) is 2.31. The molecule has 0 aromatic rings. The number of aliphatic hydroxyl groups is 1. The number of rotatable bonds is 12. The fourth-order valence-electron chi connectivity index (χ4n) is 4.25. The molecule has 4 N–H and O–H groups in total. The molecule has 3 aliphatic heterocycles. The maximum Gasteiger partial charge on any atom is 0.387 e. The van der Waals surface area contributed by atoms with Crippen molar-refractivity contribution in [2.45, 2.75) is 52.2 Å². The fourth-order valence-corrected chi connectivity index (χ4v) is 4.25. The van der Waals surface area contributed by atoms with Crippen LogP contribution in [-0.2, 0) is 19.0 Å². The van der Waals surface area contributed by atoms with Gasteiger partial charge in [0.15, 0.2) is 0 Å². The summed E-state index contributed by atoms with van der Waals surface area (Å²) in [6.07, 6.45) is 10.3. The number of halogens is 2. The Morgan fingerprint density at radius 1 is 1.38 bits per heavy atom. The molecule has 0 aromatic carbocycles. The first-order valence-electron chi connectivity index (χ1n) is 12.6. The number of amides is 1. The van der Waals surface area contributed by atoms with E-state index >= 15 is 0 Å². The molecule has 206 valence electrons. The topological polar surface area (TPSA) is 104 Å². The maximum atomic E-state index is 13.3. The van der Waals surface area contributed by atoms with Crippen LogP contribution in [0.25, 0.3) is 0 Å². The minimum atomic E-state index is -3.08. The first-order valence-corrected chi connectivity index (χ1v) is 12.6. The second-order valence-electron chi connectivity index (χ2n) is 9.17. The molecule has 5 atom stereocenters. The lowest BCUT2D eigenvalue weighted by atomic mass is 9.97. The zero-order valence-corrected chi connectivity index (χ0v) is 21.7. The lowest BCUT2D eigenvalue weighted by molar-refractivity contribution is -0.130. The Kier molecular flexibility index (Phi) is 10.5. The highest BCUT2D eigenvalue weighted by atomic mass is 19.3. The average Bonchev–Trinajstić information content (AvgIpc) is 3.30. The molecule has 0 radical (unpaired) electrons. The highest BCUT2D eigenvalue weighted by molar-refractivity contribution is 5.80. The number of hydrogen-bond acceptors (Lipinski definition) is 8. The van der Waals surface area contributed by atoms with E-state index in [2.05, 4.69) is 16.0 Å². The van der Waals surface area contributed by atoms with E-state index in [1.807, 2.05) is 30.2 Å². The molecule has 1 fully saturated rings. The van der Waals surface area contributed by atoms with Gasteiger partial charge in [0.2, 0.25) is 5.91 Å². The quantitative estimate of drug-likeness (QED) is 0.228. The number of ether oxygens (including phenoxy) is 3. The van der Waals surface area contributed by atoms with E-state index in [9.17, 15) is 18.7 Å². The Morgan fingerprint density at radius 2 is 2.16 bits per heavy atom. The Bertz CT molecular complexity index is 949. The summed E-state index contributed by atoms with van der Waals surface area (Å²) in [4.78, 5) is 14.3. The third-order valence-corrected chi connectivity index (χ3v) is 6.50. The van der Waals surface area contributed by atoms with Crippen LogP contribution >= 0.6 is 0 Å². The maximum absolute atomic E-state index is 13.3. The summed E-state index contributed by atoms with van der Waals surface area (Å²) in [6.45, 7) is 4.28. The number of carbonyl (C=O) groups excluding carboxylic acids is 1. The Hall–Kier alpha value is -2.89. The van der Waals surface area contributed by atoms with E-state index in [0.29, 0.717) is 43.1 Å². The number of allylic oxidation sites excluding steroid dienone is 2. The van der Waals surface area contributed by atoms with E-state index in [0.717, 1.165) is 6.54 Å². The number of carbonyl (C=O) groups is 1. The molecule has 3 rings (SSSR count). The summed E-state index contributed by atoms with van der Waals surface area (Å²) in [7, 11) is 1.55. The zero-order valence-electron chi connectivity index (χ0n) is 21.7. The van der Waals surface area contributed by atoms with Gasteiger partial charge < -0.3 is 40.2 Å². The van der Waals surface area contributed by atoms with Gasteiger partial charge in [-0.1, -0.05) is 0 Å². The zero-order chi connectivity index (χ0) is 26.9. The number of alkyl halides is 2. The molecule has 1 saturated heterocycles. The molecule has 9 nitrogen and oxygen atoms in total. The summed E-state index contributed by atoms with van der Waals surface area (Å²) in [6, 6.07) is 0. The molecule has 3 heterocycles. The number of nitrogens with zero attached hydrogens (tertiary/aromatic N) is 1. The molecule has 3 aliphatic rings. The van der Waals surface area contributed by atoms with Crippen LogP contribution in [0, 0.1) is 11.8 Å². The summed E-state index contributed by atoms with van der Waals surface area (Å²) in [5.74, 6) is -0.811. The van der Waals surface area contributed by atoms with Crippen LogP contribution in [0.2, 0.25) is 0 Å². The van der Waals surface area contributed by atoms with Gasteiger partial charge in [0.1, 0.15) is 17.7 Å². The van der Waals surface area contributed by atoms with Gasteiger partial charge in [0, 0.05) is 50.2 Å². The number of hydrogen-bond donors (Lipinski definition) is 4. The van der Waals surface area contributed by atoms with Gasteiger partial charge in [0.05, 0.1) is 30.4 Å². The minimum Gasteiger partial charge on any atom is -0.493 e. The molecule has 0 aliphatic carbocycles. The number of nitrogens with one attached hydrogen (secondary N) is 3. The standard InChI is InChI=1S/C26H38F2N4O5/c1-5-30-25(34)17(3)23(37-26(27)28)11-18(10-16(2)35-4)21-14-31-24-12-20(7-9-32(21)24)36-15-19-13-29-8-6-22(19)33/h7,9-12,14,16-17,19,22,24,26,29,31,33H,5-6,8,13,15H2,1-4H3,(H,30,34)/b18-10+,23-11+/t16-,17+,19?,22-,24+/m0/s1. The Labute approximate surface area is 216 Å². The third-order valence-electron chi connectivity index (χ3n) is 6.50. The largest absolute Gasteiger partial charge is 0.493 e. The number of fused-ring (bicyclic) bond motifs is 1. The van der Waals surface area contributed by atoms with E-state index < -0.39 is 24.5 Å². The van der Waals surface area contributed by atoms with Crippen molar-refractivity contribution in [1.29, 1.82) is 0 Å². The molecular weight excluding hydrogens is 486 g/mol. The Balaban J connectivity index is 1.79. The van der Waals surface area contributed by atoms with Crippen LogP contribution in [-0.4, -0.2) is 74.2 Å². The highest BCUT2D eigenvalue weighted by Crippen LogP contribution is 2.31. The normalized spacial score (nSPS) is 25.6. The van der Waals surface area contributed by atoms with Crippen LogP contribution in [0.1, 0.15) is 27.2 Å². The van der Waals surface area contributed by atoms with Gasteiger partial charge in [-0.3, -0.25) is 4.79 Å². The SMILES string of the molecule is CCNC(=O)[C@H](C)/C(=C\C(=C/[C@H](C)OC)C1=CN[C@H]2C=C(OCC3CNCC[C@@H]3O)C=CN12)OC(F)F. The smallest absolute Gasteiger partial charge is 0.387 e. The second-order valence-corrected chi connectivity index (χ2v) is 9.17. The Morgan fingerprint density at radius 3 is 2.84 bits per heavy atom. The van der Waals surface area contributed by atoms with E-state index in [1.165, 1.54) is 13.0 Å². The molecule has 0 spiro atoms. The molecule has 37 heavy (non-hydrogen) atoms.